The molecule has 124 valence electrons. The van der Waals surface area contributed by atoms with E-state index in [0.29, 0.717) is 5.75 Å². The third-order valence-corrected chi connectivity index (χ3v) is 5.09. The molecule has 24 heavy (non-hydrogen) atoms. The minimum atomic E-state index is -0.569. The molecular formula is C20H21NO3. The number of aliphatic hydroxyl groups excluding tert-OH is 1. The second-order valence-corrected chi connectivity index (χ2v) is 6.79. The predicted molar refractivity (Wildman–Crippen MR) is 92.2 cm³/mol. The quantitative estimate of drug-likeness (QED) is 0.941. The van der Waals surface area contributed by atoms with Gasteiger partial charge in [0, 0.05) is 17.6 Å². The predicted octanol–water partition coefficient (Wildman–Crippen LogP) is 3.02. The zero-order valence-electron chi connectivity index (χ0n) is 13.7. The van der Waals surface area contributed by atoms with Crippen molar-refractivity contribution in [2.45, 2.75) is 37.9 Å². The molecule has 4 rings (SSSR count). The Hall–Kier alpha value is -2.33. The average Bonchev–Trinajstić information content (AvgIpc) is 3.32. The fourth-order valence-corrected chi connectivity index (χ4v) is 3.60. The van der Waals surface area contributed by atoms with Gasteiger partial charge in [-0.25, -0.2) is 0 Å². The summed E-state index contributed by atoms with van der Waals surface area (Å²) in [5.74, 6) is 0.594. The Morgan fingerprint density at radius 2 is 2.04 bits per heavy atom. The molecule has 1 aliphatic carbocycles. The lowest BCUT2D eigenvalue weighted by atomic mass is 9.99. The number of anilines is 1. The molecule has 1 spiro atoms. The minimum Gasteiger partial charge on any atom is -0.481 e. The first-order chi connectivity index (χ1) is 11.6. The van der Waals surface area contributed by atoms with Gasteiger partial charge >= 0.3 is 0 Å². The third-order valence-electron chi connectivity index (χ3n) is 5.09. The first-order valence-corrected chi connectivity index (χ1v) is 8.40. The molecule has 0 aromatic heterocycles. The van der Waals surface area contributed by atoms with Crippen LogP contribution < -0.4 is 9.64 Å². The Bertz CT molecular complexity index is 782. The van der Waals surface area contributed by atoms with Crippen LogP contribution in [0.25, 0.3) is 0 Å². The lowest BCUT2D eigenvalue weighted by Crippen LogP contribution is -2.40. The molecule has 2 aromatic carbocycles. The molecule has 0 radical (unpaired) electrons. The van der Waals surface area contributed by atoms with Crippen LogP contribution in [0.4, 0.5) is 5.69 Å². The van der Waals surface area contributed by atoms with Crippen LogP contribution in [0.3, 0.4) is 0 Å². The van der Waals surface area contributed by atoms with Crippen LogP contribution in [0.5, 0.6) is 5.75 Å². The molecule has 1 heterocycles. The van der Waals surface area contributed by atoms with E-state index in [4.69, 9.17) is 4.74 Å². The number of nitrogens with zero attached hydrogens (tertiary/aromatic N) is 1. The van der Waals surface area contributed by atoms with E-state index in [-0.39, 0.29) is 17.9 Å². The van der Waals surface area contributed by atoms with Gasteiger partial charge < -0.3 is 14.7 Å². The summed E-state index contributed by atoms with van der Waals surface area (Å²) in [5.41, 5.74) is 3.28. The number of rotatable bonds is 4. The van der Waals surface area contributed by atoms with Gasteiger partial charge in [0.05, 0.1) is 6.61 Å². The fraction of sp³-hybridized carbons (Fsp3) is 0.350. The highest BCUT2D eigenvalue weighted by Crippen LogP contribution is 2.56. The second-order valence-electron chi connectivity index (χ2n) is 6.79. The number of carbonyl (C=O) groups excluding carboxylic acids is 1. The maximum Gasteiger partial charge on any atom is 0.267 e. The highest BCUT2D eigenvalue weighted by molar-refractivity contribution is 5.99. The lowest BCUT2D eigenvalue weighted by Gasteiger charge is -2.23. The summed E-state index contributed by atoms with van der Waals surface area (Å²) in [7, 11) is 0. The molecule has 1 N–H and O–H groups in total. The Morgan fingerprint density at radius 1 is 1.25 bits per heavy atom. The molecular weight excluding hydrogens is 302 g/mol. The van der Waals surface area contributed by atoms with Crippen molar-refractivity contribution in [3.63, 3.8) is 0 Å². The van der Waals surface area contributed by atoms with E-state index in [2.05, 4.69) is 6.07 Å². The van der Waals surface area contributed by atoms with Gasteiger partial charge in [-0.3, -0.25) is 4.79 Å². The standard InChI is InChI=1S/C20H21NO3/c1-14(24-16-6-4-5-15(11-16)12-22)19(23)21-13-20(9-10-20)17-7-2-3-8-18(17)21/h2-8,11,14,22H,9-10,12-13H2,1H3. The minimum absolute atomic E-state index is 0.0133. The molecule has 4 heteroatoms. The molecule has 1 unspecified atom stereocenters. The molecule has 1 amide bonds. The zero-order valence-corrected chi connectivity index (χ0v) is 13.7. The van der Waals surface area contributed by atoms with Gasteiger partial charge in [-0.1, -0.05) is 30.3 Å². The third kappa shape index (κ3) is 2.47. The number of hydrogen-bond donors (Lipinski definition) is 1. The summed E-state index contributed by atoms with van der Waals surface area (Å²) in [4.78, 5) is 14.8. The van der Waals surface area contributed by atoms with Crippen molar-refractivity contribution in [2.75, 3.05) is 11.4 Å². The summed E-state index contributed by atoms with van der Waals surface area (Å²) < 4.78 is 5.83. The van der Waals surface area contributed by atoms with Crippen molar-refractivity contribution in [2.24, 2.45) is 0 Å². The first kappa shape index (κ1) is 15.2. The van der Waals surface area contributed by atoms with E-state index in [0.717, 1.165) is 30.6 Å². The Balaban J connectivity index is 1.54. The van der Waals surface area contributed by atoms with Crippen LogP contribution >= 0.6 is 0 Å². The number of benzene rings is 2. The molecule has 0 bridgehead atoms. The summed E-state index contributed by atoms with van der Waals surface area (Å²) >= 11 is 0. The van der Waals surface area contributed by atoms with Crippen LogP contribution in [0.1, 0.15) is 30.9 Å². The van der Waals surface area contributed by atoms with E-state index in [9.17, 15) is 9.90 Å². The van der Waals surface area contributed by atoms with E-state index >= 15 is 0 Å². The molecule has 1 atom stereocenters. The van der Waals surface area contributed by atoms with Crippen molar-refractivity contribution < 1.29 is 14.6 Å². The van der Waals surface area contributed by atoms with Crippen molar-refractivity contribution in [3.05, 3.63) is 59.7 Å². The summed E-state index contributed by atoms with van der Waals surface area (Å²) in [6, 6.07) is 15.4. The zero-order chi connectivity index (χ0) is 16.7. The topological polar surface area (TPSA) is 49.8 Å². The molecule has 0 saturated heterocycles. The van der Waals surface area contributed by atoms with Crippen molar-refractivity contribution >= 4 is 11.6 Å². The SMILES string of the molecule is CC(Oc1cccc(CO)c1)C(=O)N1CC2(CC2)c2ccccc21. The molecule has 1 aliphatic heterocycles. The summed E-state index contributed by atoms with van der Waals surface area (Å²) in [5, 5.41) is 9.22. The van der Waals surface area contributed by atoms with Crippen LogP contribution in [-0.4, -0.2) is 23.7 Å². The fourth-order valence-electron chi connectivity index (χ4n) is 3.60. The monoisotopic (exact) mass is 323 g/mol. The lowest BCUT2D eigenvalue weighted by molar-refractivity contribution is -0.124. The Kier molecular flexibility index (Phi) is 3.57. The number of amides is 1. The van der Waals surface area contributed by atoms with Gasteiger partial charge in [0.25, 0.3) is 5.91 Å². The smallest absolute Gasteiger partial charge is 0.267 e. The number of ether oxygens (including phenoxy) is 1. The maximum absolute atomic E-state index is 12.9. The van der Waals surface area contributed by atoms with Gasteiger partial charge in [-0.15, -0.1) is 0 Å². The van der Waals surface area contributed by atoms with Crippen LogP contribution in [-0.2, 0) is 16.8 Å². The number of para-hydroxylation sites is 1. The van der Waals surface area contributed by atoms with Crippen molar-refractivity contribution in [1.82, 2.24) is 0 Å². The highest BCUT2D eigenvalue weighted by Gasteiger charge is 2.53. The van der Waals surface area contributed by atoms with Crippen LogP contribution in [0.15, 0.2) is 48.5 Å². The number of aliphatic hydroxyl groups is 1. The van der Waals surface area contributed by atoms with E-state index in [1.54, 1.807) is 13.0 Å². The summed E-state index contributed by atoms with van der Waals surface area (Å²) in [6.07, 6.45) is 1.74. The van der Waals surface area contributed by atoms with Gasteiger partial charge in [-0.05, 0) is 49.1 Å². The second kappa shape index (κ2) is 5.64. The normalized spacial score (nSPS) is 18.3. The first-order valence-electron chi connectivity index (χ1n) is 8.40. The van der Waals surface area contributed by atoms with Gasteiger partial charge in [0.2, 0.25) is 0 Å². The van der Waals surface area contributed by atoms with Gasteiger partial charge in [0.1, 0.15) is 5.75 Å². The van der Waals surface area contributed by atoms with Crippen molar-refractivity contribution in [1.29, 1.82) is 0 Å². The average molecular weight is 323 g/mol. The Labute approximate surface area is 141 Å². The van der Waals surface area contributed by atoms with Crippen LogP contribution in [0, 0.1) is 0 Å². The molecule has 4 nitrogen and oxygen atoms in total. The maximum atomic E-state index is 12.9. The van der Waals surface area contributed by atoms with Crippen molar-refractivity contribution in [3.8, 4) is 5.75 Å². The van der Waals surface area contributed by atoms with E-state index < -0.39 is 6.10 Å². The molecule has 2 aromatic rings. The number of fused-ring (bicyclic) bond motifs is 2. The molecule has 1 fully saturated rings. The number of carbonyl (C=O) groups is 1. The van der Waals surface area contributed by atoms with Gasteiger partial charge in [0.15, 0.2) is 6.10 Å². The van der Waals surface area contributed by atoms with E-state index in [1.807, 2.05) is 41.3 Å². The highest BCUT2D eigenvalue weighted by atomic mass is 16.5. The molecule has 1 saturated carbocycles. The van der Waals surface area contributed by atoms with E-state index in [1.165, 1.54) is 5.56 Å². The Morgan fingerprint density at radius 3 is 2.79 bits per heavy atom. The summed E-state index contributed by atoms with van der Waals surface area (Å²) in [6.45, 7) is 2.51. The largest absolute Gasteiger partial charge is 0.481 e. The number of hydrogen-bond acceptors (Lipinski definition) is 3. The molecule has 2 aliphatic rings. The van der Waals surface area contributed by atoms with Gasteiger partial charge in [-0.2, -0.15) is 0 Å². The van der Waals surface area contributed by atoms with Crippen LogP contribution in [0.2, 0.25) is 0 Å².